The third-order valence-corrected chi connectivity index (χ3v) is 5.97. The predicted octanol–water partition coefficient (Wildman–Crippen LogP) is 6.99. The van der Waals surface area contributed by atoms with Gasteiger partial charge in [-0.05, 0) is 59.1 Å². The van der Waals surface area contributed by atoms with Gasteiger partial charge in [0.15, 0.2) is 0 Å². The Bertz CT molecular complexity index is 864. The minimum Gasteiger partial charge on any atom is -0.355 e. The first-order valence-corrected chi connectivity index (χ1v) is 9.30. The molecule has 0 radical (unpaired) electrons. The summed E-state index contributed by atoms with van der Waals surface area (Å²) in [6.07, 6.45) is 3.48. The maximum absolute atomic E-state index is 3.58. The van der Waals surface area contributed by atoms with Crippen LogP contribution in [0.5, 0.6) is 0 Å². The lowest BCUT2D eigenvalue weighted by Gasteiger charge is -2.23. The van der Waals surface area contributed by atoms with E-state index in [1.165, 1.54) is 39.4 Å². The molecule has 1 heterocycles. The van der Waals surface area contributed by atoms with Crippen molar-refractivity contribution in [2.45, 2.75) is 66.2 Å². The lowest BCUT2D eigenvalue weighted by Crippen LogP contribution is -2.14. The number of H-pyrrole nitrogens is 1. The third kappa shape index (κ3) is 3.09. The Morgan fingerprint density at radius 2 is 1.42 bits per heavy atom. The highest BCUT2D eigenvalue weighted by atomic mass is 14.7. The van der Waals surface area contributed by atoms with Gasteiger partial charge in [-0.2, -0.15) is 0 Å². The largest absolute Gasteiger partial charge is 0.355 e. The predicted molar refractivity (Wildman–Crippen MR) is 107 cm³/mol. The molecule has 2 aromatic carbocycles. The average Bonchev–Trinajstić information content (AvgIpc) is 2.91. The Balaban J connectivity index is 2.13. The Morgan fingerprint density at radius 3 is 2.04 bits per heavy atom. The Hall–Kier alpha value is -1.76. The Labute approximate surface area is 146 Å². The number of benzene rings is 2. The van der Waals surface area contributed by atoms with Gasteiger partial charge < -0.3 is 4.98 Å². The van der Waals surface area contributed by atoms with Crippen molar-refractivity contribution in [3.8, 4) is 0 Å². The van der Waals surface area contributed by atoms with Crippen LogP contribution < -0.4 is 0 Å². The summed E-state index contributed by atoms with van der Waals surface area (Å²) >= 11 is 0. The van der Waals surface area contributed by atoms with Crippen LogP contribution in [0, 0.1) is 5.41 Å². The molecule has 0 unspecified atom stereocenters. The Kier molecular flexibility index (Phi) is 4.23. The molecule has 0 aliphatic rings. The van der Waals surface area contributed by atoms with E-state index in [-0.39, 0.29) is 5.41 Å². The van der Waals surface area contributed by atoms with Gasteiger partial charge in [0.25, 0.3) is 0 Å². The summed E-state index contributed by atoms with van der Waals surface area (Å²) in [5.74, 6) is 0. The molecule has 0 bridgehead atoms. The molecule has 0 saturated carbocycles. The van der Waals surface area contributed by atoms with Gasteiger partial charge in [0, 0.05) is 21.8 Å². The first-order chi connectivity index (χ1) is 11.3. The van der Waals surface area contributed by atoms with Crippen molar-refractivity contribution < 1.29 is 0 Å². The molecule has 0 aliphatic heterocycles. The van der Waals surface area contributed by atoms with Crippen molar-refractivity contribution in [3.05, 3.63) is 47.5 Å². The van der Waals surface area contributed by atoms with Crippen molar-refractivity contribution in [2.24, 2.45) is 5.41 Å². The number of fused-ring (bicyclic) bond motifs is 3. The van der Waals surface area contributed by atoms with E-state index in [9.17, 15) is 0 Å². The summed E-state index contributed by atoms with van der Waals surface area (Å²) in [7, 11) is 0. The van der Waals surface area contributed by atoms with Crippen molar-refractivity contribution >= 4 is 21.8 Å². The molecule has 1 aromatic heterocycles. The molecular formula is C23H31N. The van der Waals surface area contributed by atoms with Crippen LogP contribution in [0.15, 0.2) is 36.4 Å². The normalized spacial score (nSPS) is 13.1. The molecule has 0 fully saturated rings. The van der Waals surface area contributed by atoms with Gasteiger partial charge in [-0.3, -0.25) is 0 Å². The van der Waals surface area contributed by atoms with Gasteiger partial charge in [-0.1, -0.05) is 60.1 Å². The third-order valence-electron chi connectivity index (χ3n) is 5.97. The molecule has 0 aliphatic carbocycles. The van der Waals surface area contributed by atoms with Gasteiger partial charge in [-0.25, -0.2) is 0 Å². The van der Waals surface area contributed by atoms with Gasteiger partial charge in [0.05, 0.1) is 0 Å². The number of hydrogen-bond donors (Lipinski definition) is 1. The zero-order chi connectivity index (χ0) is 17.5. The number of hydrogen-bond acceptors (Lipinski definition) is 0. The summed E-state index contributed by atoms with van der Waals surface area (Å²) < 4.78 is 0. The molecule has 0 spiro atoms. The van der Waals surface area contributed by atoms with Crippen molar-refractivity contribution in [1.29, 1.82) is 0 Å². The molecule has 128 valence electrons. The van der Waals surface area contributed by atoms with E-state index >= 15 is 0 Å². The fourth-order valence-electron chi connectivity index (χ4n) is 3.36. The lowest BCUT2D eigenvalue weighted by atomic mass is 9.81. The molecule has 3 aromatic rings. The van der Waals surface area contributed by atoms with Crippen molar-refractivity contribution in [1.82, 2.24) is 4.98 Å². The maximum atomic E-state index is 3.58. The average molecular weight is 322 g/mol. The molecule has 0 atom stereocenters. The van der Waals surface area contributed by atoms with Crippen LogP contribution in [0.2, 0.25) is 0 Å². The van der Waals surface area contributed by atoms with Gasteiger partial charge >= 0.3 is 0 Å². The highest BCUT2D eigenvalue weighted by Crippen LogP contribution is 2.34. The molecule has 1 nitrogen and oxygen atoms in total. The van der Waals surface area contributed by atoms with E-state index in [1.807, 2.05) is 0 Å². The molecule has 1 heteroatoms. The van der Waals surface area contributed by atoms with E-state index in [2.05, 4.69) is 82.9 Å². The second-order valence-electron chi connectivity index (χ2n) is 8.70. The first kappa shape index (κ1) is 17.1. The van der Waals surface area contributed by atoms with Crippen molar-refractivity contribution in [3.63, 3.8) is 0 Å². The first-order valence-electron chi connectivity index (χ1n) is 9.30. The molecule has 0 amide bonds. The maximum Gasteiger partial charge on any atom is 0.0465 e. The zero-order valence-corrected chi connectivity index (χ0v) is 16.1. The molecule has 3 rings (SSSR count). The highest BCUT2D eigenvalue weighted by Gasteiger charge is 2.20. The minimum atomic E-state index is 0.222. The highest BCUT2D eigenvalue weighted by molar-refractivity contribution is 6.07. The van der Waals surface area contributed by atoms with E-state index in [1.54, 1.807) is 0 Å². The number of aromatic amines is 1. The van der Waals surface area contributed by atoms with Crippen molar-refractivity contribution in [2.75, 3.05) is 0 Å². The number of rotatable bonds is 5. The van der Waals surface area contributed by atoms with Gasteiger partial charge in [0.1, 0.15) is 0 Å². The SMILES string of the molecule is CCC(C)(C)Cc1ccc2[nH]c3ccc(C(C)(C)CC)cc3c2c1. The lowest BCUT2D eigenvalue weighted by molar-refractivity contribution is 0.349. The van der Waals surface area contributed by atoms with Crippen LogP contribution in [0.3, 0.4) is 0 Å². The van der Waals surface area contributed by atoms with E-state index in [0.29, 0.717) is 5.41 Å². The van der Waals surface area contributed by atoms with Crippen LogP contribution >= 0.6 is 0 Å². The monoisotopic (exact) mass is 321 g/mol. The summed E-state index contributed by atoms with van der Waals surface area (Å²) in [6.45, 7) is 13.9. The van der Waals surface area contributed by atoms with E-state index in [0.717, 1.165) is 12.8 Å². The summed E-state index contributed by atoms with van der Waals surface area (Å²) in [5, 5.41) is 2.73. The standard InChI is InChI=1S/C23H31N/c1-7-22(3,4)15-16-9-11-20-18(13-16)19-14-17(23(5,6)8-2)10-12-21(19)24-20/h9-14,24H,7-8,15H2,1-6H3. The smallest absolute Gasteiger partial charge is 0.0465 e. The topological polar surface area (TPSA) is 15.8 Å². The number of nitrogens with one attached hydrogen (secondary N) is 1. The fraction of sp³-hybridized carbons (Fsp3) is 0.478. The quantitative estimate of drug-likeness (QED) is 0.521. The van der Waals surface area contributed by atoms with Crippen LogP contribution in [0.4, 0.5) is 0 Å². The van der Waals surface area contributed by atoms with Crippen LogP contribution in [0.1, 0.15) is 65.5 Å². The second kappa shape index (κ2) is 5.95. The zero-order valence-electron chi connectivity index (χ0n) is 16.1. The van der Waals surface area contributed by atoms with Crippen LogP contribution in [-0.2, 0) is 11.8 Å². The molecule has 1 N–H and O–H groups in total. The van der Waals surface area contributed by atoms with E-state index < -0.39 is 0 Å². The second-order valence-corrected chi connectivity index (χ2v) is 8.70. The minimum absolute atomic E-state index is 0.222. The summed E-state index contributed by atoms with van der Waals surface area (Å²) in [5.41, 5.74) is 5.93. The van der Waals surface area contributed by atoms with Crippen LogP contribution in [-0.4, -0.2) is 4.98 Å². The molecule has 24 heavy (non-hydrogen) atoms. The summed E-state index contributed by atoms with van der Waals surface area (Å²) in [6, 6.07) is 13.9. The van der Waals surface area contributed by atoms with Gasteiger partial charge in [-0.15, -0.1) is 0 Å². The number of aromatic nitrogens is 1. The summed E-state index contributed by atoms with van der Waals surface area (Å²) in [4.78, 5) is 3.58. The molecular weight excluding hydrogens is 290 g/mol. The van der Waals surface area contributed by atoms with E-state index in [4.69, 9.17) is 0 Å². The Morgan fingerprint density at radius 1 is 0.792 bits per heavy atom. The fourth-order valence-corrected chi connectivity index (χ4v) is 3.36. The van der Waals surface area contributed by atoms with Crippen LogP contribution in [0.25, 0.3) is 21.8 Å². The molecule has 0 saturated heterocycles. The van der Waals surface area contributed by atoms with Gasteiger partial charge in [0.2, 0.25) is 0 Å².